The Morgan fingerprint density at radius 1 is 0.972 bits per heavy atom. The number of nitriles is 1. The first-order valence-corrected chi connectivity index (χ1v) is 11.3. The Kier molecular flexibility index (Phi) is 5.85. The predicted molar refractivity (Wildman–Crippen MR) is 142 cm³/mol. The second kappa shape index (κ2) is 9.28. The highest BCUT2D eigenvalue weighted by Gasteiger charge is 2.19. The highest BCUT2D eigenvalue weighted by atomic mass is 15.0. The molecule has 0 atom stereocenters. The lowest BCUT2D eigenvalue weighted by atomic mass is 9.85. The van der Waals surface area contributed by atoms with E-state index < -0.39 is 5.41 Å². The van der Waals surface area contributed by atoms with Gasteiger partial charge in [0.25, 0.3) is 0 Å². The van der Waals surface area contributed by atoms with Gasteiger partial charge in [0.15, 0.2) is 5.65 Å². The number of aromatic nitrogens is 6. The molecule has 0 aliphatic carbocycles. The number of nitrogens with one attached hydrogen (secondary N) is 2. The highest BCUT2D eigenvalue weighted by molar-refractivity contribution is 5.91. The number of benzene rings is 1. The maximum Gasteiger partial charge on any atom is 0.181 e. The predicted octanol–water partition coefficient (Wildman–Crippen LogP) is 5.55. The Labute approximate surface area is 211 Å². The summed E-state index contributed by atoms with van der Waals surface area (Å²) in [6.07, 6.45) is 6.55. The van der Waals surface area contributed by atoms with Crippen molar-refractivity contribution in [3.8, 4) is 29.2 Å². The molecule has 2 N–H and O–H groups in total. The molecule has 36 heavy (non-hydrogen) atoms. The van der Waals surface area contributed by atoms with Crippen molar-refractivity contribution in [3.05, 3.63) is 89.9 Å². The molecule has 0 aliphatic rings. The fourth-order valence-corrected chi connectivity index (χ4v) is 3.72. The van der Waals surface area contributed by atoms with Gasteiger partial charge in [-0.1, -0.05) is 24.0 Å². The Balaban J connectivity index is 0.00000200. The lowest BCUT2D eigenvalue weighted by Crippen LogP contribution is -2.13. The van der Waals surface area contributed by atoms with Crippen molar-refractivity contribution in [2.75, 3.05) is 5.32 Å². The Morgan fingerprint density at radius 2 is 1.83 bits per heavy atom. The van der Waals surface area contributed by atoms with Gasteiger partial charge in [0.2, 0.25) is 0 Å². The zero-order chi connectivity index (χ0) is 25.1. The number of rotatable bonds is 4. The molecule has 0 aliphatic heterocycles. The third-order valence-electron chi connectivity index (χ3n) is 5.84. The quantitative estimate of drug-likeness (QED) is 0.328. The van der Waals surface area contributed by atoms with Gasteiger partial charge < -0.3 is 10.3 Å². The fraction of sp³-hybridized carbons (Fsp3) is 0.143. The number of imidazole rings is 1. The van der Waals surface area contributed by atoms with E-state index in [0.29, 0.717) is 17.2 Å². The molecule has 4 heterocycles. The van der Waals surface area contributed by atoms with Crippen molar-refractivity contribution in [1.82, 2.24) is 29.9 Å². The van der Waals surface area contributed by atoms with Gasteiger partial charge in [-0.15, -0.1) is 0 Å². The third-order valence-corrected chi connectivity index (χ3v) is 5.84. The lowest BCUT2D eigenvalue weighted by molar-refractivity contribution is 0.686. The number of anilines is 2. The zero-order valence-corrected chi connectivity index (χ0v) is 20.0. The van der Waals surface area contributed by atoms with Crippen molar-refractivity contribution in [3.63, 3.8) is 0 Å². The fourth-order valence-electron chi connectivity index (χ4n) is 3.72. The van der Waals surface area contributed by atoms with Gasteiger partial charge in [-0.05, 0) is 56.7 Å². The highest BCUT2D eigenvalue weighted by Crippen LogP contribution is 2.31. The molecule has 5 aromatic rings. The first kappa shape index (κ1) is 22.7. The number of hydrogen-bond donors (Lipinski definition) is 2. The van der Waals surface area contributed by atoms with Gasteiger partial charge in [-0.2, -0.15) is 5.26 Å². The van der Waals surface area contributed by atoms with Crippen LogP contribution in [0.15, 0.2) is 67.5 Å². The average Bonchev–Trinajstić information content (AvgIpc) is 3.39. The van der Waals surface area contributed by atoms with Gasteiger partial charge in [0.05, 0.1) is 29.2 Å². The summed E-state index contributed by atoms with van der Waals surface area (Å²) in [5.41, 5.74) is 6.38. The molecule has 0 unspecified atom stereocenters. The standard InChI is InChI=1S/C28H22N8.2H2/c1-18-23(13-20(14-31-18)10-9-19-6-4-7-21(12-19)28(2,3)15-29)36-26-22(8-5-11-30-26)24-25-27(34-16-32-24)35-17-33-25;;/h4-8,11-14,16-17H,1-3H3,(H,30,36)(H,32,33,34,35);2*1H. The van der Waals surface area contributed by atoms with Crippen LogP contribution >= 0.6 is 0 Å². The average molecular weight is 475 g/mol. The number of aryl methyl sites for hydroxylation is 1. The summed E-state index contributed by atoms with van der Waals surface area (Å²) in [5.74, 6) is 7.01. The van der Waals surface area contributed by atoms with Crippen LogP contribution in [0.2, 0.25) is 0 Å². The van der Waals surface area contributed by atoms with Gasteiger partial charge in [0, 0.05) is 31.9 Å². The number of hydrogen-bond acceptors (Lipinski definition) is 7. The summed E-state index contributed by atoms with van der Waals surface area (Å²) in [5, 5.41) is 12.8. The second-order valence-electron chi connectivity index (χ2n) is 8.77. The van der Waals surface area contributed by atoms with Gasteiger partial charge >= 0.3 is 0 Å². The van der Waals surface area contributed by atoms with E-state index in [1.165, 1.54) is 6.33 Å². The molecule has 8 nitrogen and oxygen atoms in total. The summed E-state index contributed by atoms with van der Waals surface area (Å²) in [4.78, 5) is 25.1. The molecule has 0 bridgehead atoms. The summed E-state index contributed by atoms with van der Waals surface area (Å²) >= 11 is 0. The van der Waals surface area contributed by atoms with Crippen LogP contribution in [0.4, 0.5) is 11.5 Å². The summed E-state index contributed by atoms with van der Waals surface area (Å²) < 4.78 is 0. The minimum absolute atomic E-state index is 0. The van der Waals surface area contributed by atoms with Crippen LogP contribution in [0, 0.1) is 30.1 Å². The van der Waals surface area contributed by atoms with Crippen molar-refractivity contribution >= 4 is 22.7 Å². The number of aromatic amines is 1. The van der Waals surface area contributed by atoms with E-state index in [1.54, 1.807) is 18.7 Å². The summed E-state index contributed by atoms with van der Waals surface area (Å²) in [6.45, 7) is 5.71. The topological polar surface area (TPSA) is 116 Å². The largest absolute Gasteiger partial charge is 0.341 e. The van der Waals surface area contributed by atoms with Crippen LogP contribution in [-0.4, -0.2) is 29.9 Å². The minimum Gasteiger partial charge on any atom is -0.341 e. The first-order chi connectivity index (χ1) is 17.4. The molecule has 0 fully saturated rings. The molecule has 5 rings (SSSR count). The normalized spacial score (nSPS) is 10.9. The minimum atomic E-state index is -0.577. The van der Waals surface area contributed by atoms with Crippen molar-refractivity contribution in [1.29, 1.82) is 5.26 Å². The third kappa shape index (κ3) is 4.48. The lowest BCUT2D eigenvalue weighted by Gasteiger charge is -2.15. The van der Waals surface area contributed by atoms with Gasteiger partial charge in [0.1, 0.15) is 23.4 Å². The summed E-state index contributed by atoms with van der Waals surface area (Å²) in [7, 11) is 0. The molecule has 0 saturated heterocycles. The molecular formula is C28H26N8. The van der Waals surface area contributed by atoms with E-state index in [2.05, 4.69) is 53.1 Å². The monoisotopic (exact) mass is 474 g/mol. The Morgan fingerprint density at radius 3 is 2.69 bits per heavy atom. The van der Waals surface area contributed by atoms with E-state index in [9.17, 15) is 5.26 Å². The molecule has 8 heteroatoms. The molecule has 178 valence electrons. The second-order valence-corrected chi connectivity index (χ2v) is 8.77. The molecule has 1 aromatic carbocycles. The number of H-pyrrole nitrogens is 1. The molecule has 0 radical (unpaired) electrons. The molecule has 0 saturated carbocycles. The first-order valence-electron chi connectivity index (χ1n) is 11.3. The number of pyridine rings is 2. The Hall–Kier alpha value is -5.08. The van der Waals surface area contributed by atoms with Crippen LogP contribution in [0.3, 0.4) is 0 Å². The van der Waals surface area contributed by atoms with E-state index in [-0.39, 0.29) is 2.85 Å². The molecule has 0 spiro atoms. The van der Waals surface area contributed by atoms with Gasteiger partial charge in [-0.25, -0.2) is 19.9 Å². The van der Waals surface area contributed by atoms with Crippen molar-refractivity contribution < 1.29 is 2.85 Å². The molecule has 4 aromatic heterocycles. The maximum absolute atomic E-state index is 9.44. The van der Waals surface area contributed by atoms with Crippen LogP contribution in [-0.2, 0) is 5.41 Å². The molecular weight excluding hydrogens is 448 g/mol. The SMILES string of the molecule is Cc1ncc(C#Cc2cccc(C(C)(C)C#N)c2)cc1Nc1ncccc1-c1ncnc2nc[nH]c12.[HH].[HH]. The van der Waals surface area contributed by atoms with E-state index in [4.69, 9.17) is 0 Å². The van der Waals surface area contributed by atoms with Crippen LogP contribution < -0.4 is 5.32 Å². The maximum atomic E-state index is 9.44. The molecule has 0 amide bonds. The summed E-state index contributed by atoms with van der Waals surface area (Å²) in [6, 6.07) is 15.8. The van der Waals surface area contributed by atoms with Crippen LogP contribution in [0.25, 0.3) is 22.4 Å². The Bertz CT molecular complexity index is 1690. The van der Waals surface area contributed by atoms with Crippen molar-refractivity contribution in [2.45, 2.75) is 26.2 Å². The number of fused-ring (bicyclic) bond motifs is 1. The van der Waals surface area contributed by atoms with Crippen molar-refractivity contribution in [2.24, 2.45) is 0 Å². The van der Waals surface area contributed by atoms with E-state index in [0.717, 1.165) is 39.2 Å². The number of nitrogens with zero attached hydrogens (tertiary/aromatic N) is 6. The van der Waals surface area contributed by atoms with Crippen LogP contribution in [0.5, 0.6) is 0 Å². The van der Waals surface area contributed by atoms with E-state index in [1.807, 2.05) is 63.2 Å². The van der Waals surface area contributed by atoms with E-state index >= 15 is 0 Å². The van der Waals surface area contributed by atoms with Crippen LogP contribution in [0.1, 0.15) is 39.1 Å². The van der Waals surface area contributed by atoms with Gasteiger partial charge in [-0.3, -0.25) is 4.98 Å². The zero-order valence-electron chi connectivity index (χ0n) is 20.0. The smallest absolute Gasteiger partial charge is 0.181 e.